The quantitative estimate of drug-likeness (QED) is 0.194. The number of esters is 1. The van der Waals surface area contributed by atoms with Crippen LogP contribution in [0.25, 0.3) is 22.1 Å². The zero-order valence-electron chi connectivity index (χ0n) is 22.4. The summed E-state index contributed by atoms with van der Waals surface area (Å²) in [5.41, 5.74) is 3.96. The molecule has 9 nitrogen and oxygen atoms in total. The molecule has 204 valence electrons. The fourth-order valence-corrected chi connectivity index (χ4v) is 5.04. The first kappa shape index (κ1) is 25.8. The molecule has 0 amide bonds. The minimum atomic E-state index is -1.16. The third-order valence-corrected chi connectivity index (χ3v) is 7.09. The Labute approximate surface area is 234 Å². The minimum Gasteiger partial charge on any atom is -0.506 e. The molecule has 0 radical (unpaired) electrons. The number of aromatic nitrogens is 4. The van der Waals surface area contributed by atoms with Gasteiger partial charge in [-0.3, -0.25) is 0 Å². The van der Waals surface area contributed by atoms with Crippen LogP contribution in [0.3, 0.4) is 0 Å². The van der Waals surface area contributed by atoms with Gasteiger partial charge in [0.1, 0.15) is 28.4 Å². The molecule has 6 rings (SSSR count). The number of carbonyl (C=O) groups is 2. The number of rotatable bonds is 7. The molecule has 0 spiro atoms. The Bertz CT molecular complexity index is 1940. The summed E-state index contributed by atoms with van der Waals surface area (Å²) < 4.78 is 9.57. The van der Waals surface area contributed by atoms with Gasteiger partial charge in [-0.05, 0) is 49.2 Å². The van der Waals surface area contributed by atoms with E-state index in [9.17, 15) is 19.8 Å². The minimum absolute atomic E-state index is 0.0216. The van der Waals surface area contributed by atoms with Crippen LogP contribution in [0.4, 0.5) is 0 Å². The van der Waals surface area contributed by atoms with Gasteiger partial charge in [0.2, 0.25) is 0 Å². The van der Waals surface area contributed by atoms with E-state index in [0.29, 0.717) is 46.8 Å². The van der Waals surface area contributed by atoms with Crippen molar-refractivity contribution in [1.29, 1.82) is 0 Å². The molecule has 2 aromatic heterocycles. The number of nitrogens with zero attached hydrogens (tertiary/aromatic N) is 4. The standard InChI is InChI=1S/C32H26N4O5/c1-19-33-29-25(35(19)17-21-9-5-3-6-10-21)14-24(15-27(29)37)32(40)41-28-16-23(31(38)39)13-26-30(28)34-20(2)36(26)18-22-11-7-4-8-12-22/h3-16,37H,17-18H2,1-2H3,(H,38,39). The first-order chi connectivity index (χ1) is 19.8. The van der Waals surface area contributed by atoms with E-state index < -0.39 is 11.9 Å². The van der Waals surface area contributed by atoms with E-state index in [1.807, 2.05) is 83.6 Å². The number of hydrogen-bond acceptors (Lipinski definition) is 6. The Kier molecular flexibility index (Phi) is 6.47. The highest BCUT2D eigenvalue weighted by molar-refractivity contribution is 6.00. The Morgan fingerprint density at radius 3 is 1.80 bits per heavy atom. The maximum atomic E-state index is 13.4. The van der Waals surface area contributed by atoms with Gasteiger partial charge in [0, 0.05) is 13.1 Å². The van der Waals surface area contributed by atoms with E-state index in [0.717, 1.165) is 11.1 Å². The fraction of sp³-hybridized carbons (Fsp3) is 0.125. The first-order valence-corrected chi connectivity index (χ1v) is 13.0. The Morgan fingerprint density at radius 2 is 1.24 bits per heavy atom. The Balaban J connectivity index is 1.40. The van der Waals surface area contributed by atoms with Gasteiger partial charge in [-0.15, -0.1) is 0 Å². The average molecular weight is 547 g/mol. The number of hydrogen-bond donors (Lipinski definition) is 2. The number of carbonyl (C=O) groups excluding carboxylic acids is 1. The zero-order valence-corrected chi connectivity index (χ0v) is 22.4. The molecule has 0 atom stereocenters. The van der Waals surface area contributed by atoms with Crippen molar-refractivity contribution < 1.29 is 24.5 Å². The van der Waals surface area contributed by atoms with Crippen molar-refractivity contribution in [3.8, 4) is 11.5 Å². The van der Waals surface area contributed by atoms with E-state index in [2.05, 4.69) is 9.97 Å². The third-order valence-electron chi connectivity index (χ3n) is 7.09. The van der Waals surface area contributed by atoms with Crippen molar-refractivity contribution >= 4 is 34.0 Å². The van der Waals surface area contributed by atoms with Crippen LogP contribution in [0, 0.1) is 13.8 Å². The summed E-state index contributed by atoms with van der Waals surface area (Å²) in [5.74, 6) is -0.728. The number of phenols is 1. The highest BCUT2D eigenvalue weighted by Gasteiger charge is 2.22. The molecule has 0 unspecified atom stereocenters. The molecule has 0 saturated heterocycles. The fourth-order valence-electron chi connectivity index (χ4n) is 5.04. The number of ether oxygens (including phenoxy) is 1. The largest absolute Gasteiger partial charge is 0.506 e. The summed E-state index contributed by atoms with van der Waals surface area (Å²) in [6, 6.07) is 25.3. The van der Waals surface area contributed by atoms with Crippen LogP contribution in [0.2, 0.25) is 0 Å². The summed E-state index contributed by atoms with van der Waals surface area (Å²) in [4.78, 5) is 34.6. The number of phenolic OH excluding ortho intramolecular Hbond substituents is 1. The Morgan fingerprint density at radius 1 is 0.732 bits per heavy atom. The second-order valence-corrected chi connectivity index (χ2v) is 9.86. The van der Waals surface area contributed by atoms with Gasteiger partial charge in [-0.25, -0.2) is 19.6 Å². The van der Waals surface area contributed by atoms with E-state index in [-0.39, 0.29) is 22.6 Å². The van der Waals surface area contributed by atoms with E-state index in [4.69, 9.17) is 4.74 Å². The molecular formula is C32H26N4O5. The highest BCUT2D eigenvalue weighted by Crippen LogP contribution is 2.32. The lowest BCUT2D eigenvalue weighted by molar-refractivity contribution is 0.0688. The molecule has 0 fully saturated rings. The molecule has 9 heteroatoms. The molecule has 6 aromatic rings. The van der Waals surface area contributed by atoms with Crippen molar-refractivity contribution in [2.45, 2.75) is 26.9 Å². The van der Waals surface area contributed by atoms with Crippen LogP contribution >= 0.6 is 0 Å². The lowest BCUT2D eigenvalue weighted by atomic mass is 10.1. The second-order valence-electron chi connectivity index (χ2n) is 9.86. The monoisotopic (exact) mass is 546 g/mol. The second kappa shape index (κ2) is 10.3. The van der Waals surface area contributed by atoms with Crippen molar-refractivity contribution in [3.63, 3.8) is 0 Å². The highest BCUT2D eigenvalue weighted by atomic mass is 16.5. The summed E-state index contributed by atoms with van der Waals surface area (Å²) in [5, 5.41) is 20.6. The number of fused-ring (bicyclic) bond motifs is 2. The van der Waals surface area contributed by atoms with Crippen molar-refractivity contribution in [2.75, 3.05) is 0 Å². The zero-order chi connectivity index (χ0) is 28.7. The predicted molar refractivity (Wildman–Crippen MR) is 154 cm³/mol. The van der Waals surface area contributed by atoms with Crippen LogP contribution in [-0.2, 0) is 13.1 Å². The topological polar surface area (TPSA) is 119 Å². The maximum Gasteiger partial charge on any atom is 0.343 e. The summed E-state index contributed by atoms with van der Waals surface area (Å²) in [6.07, 6.45) is 0. The molecule has 0 aliphatic heterocycles. The first-order valence-electron chi connectivity index (χ1n) is 13.0. The third kappa shape index (κ3) is 4.89. The van der Waals surface area contributed by atoms with Crippen LogP contribution in [0.1, 0.15) is 43.5 Å². The van der Waals surface area contributed by atoms with E-state index in [1.165, 1.54) is 18.2 Å². The van der Waals surface area contributed by atoms with Gasteiger partial charge >= 0.3 is 11.9 Å². The molecule has 41 heavy (non-hydrogen) atoms. The van der Waals surface area contributed by atoms with Crippen LogP contribution < -0.4 is 4.74 Å². The Hall–Kier alpha value is -5.44. The normalized spacial score (nSPS) is 11.3. The van der Waals surface area contributed by atoms with E-state index >= 15 is 0 Å². The average Bonchev–Trinajstić information content (AvgIpc) is 3.45. The lowest BCUT2D eigenvalue weighted by Gasteiger charge is -2.11. The number of aromatic carboxylic acids is 1. The number of aryl methyl sites for hydroxylation is 2. The maximum absolute atomic E-state index is 13.4. The van der Waals surface area contributed by atoms with E-state index in [1.54, 1.807) is 6.07 Å². The van der Waals surface area contributed by atoms with Crippen LogP contribution in [0.15, 0.2) is 84.9 Å². The summed E-state index contributed by atoms with van der Waals surface area (Å²) in [7, 11) is 0. The van der Waals surface area contributed by atoms with Crippen LogP contribution in [-0.4, -0.2) is 41.3 Å². The van der Waals surface area contributed by atoms with Crippen molar-refractivity contribution in [3.05, 3.63) is 119 Å². The molecule has 0 saturated carbocycles. The summed E-state index contributed by atoms with van der Waals surface area (Å²) >= 11 is 0. The van der Waals surface area contributed by atoms with Gasteiger partial charge in [0.05, 0.1) is 22.2 Å². The number of benzene rings is 4. The van der Waals surface area contributed by atoms with Gasteiger partial charge in [0.15, 0.2) is 5.75 Å². The molecular weight excluding hydrogens is 520 g/mol. The molecule has 0 aliphatic rings. The molecule has 2 N–H and O–H groups in total. The smallest absolute Gasteiger partial charge is 0.343 e. The van der Waals surface area contributed by atoms with Crippen molar-refractivity contribution in [2.24, 2.45) is 0 Å². The number of aromatic hydroxyl groups is 1. The number of imidazole rings is 2. The lowest BCUT2D eigenvalue weighted by Crippen LogP contribution is -2.10. The van der Waals surface area contributed by atoms with Crippen molar-refractivity contribution in [1.82, 2.24) is 19.1 Å². The predicted octanol–water partition coefficient (Wildman–Crippen LogP) is 5.72. The molecule has 0 bridgehead atoms. The molecule has 2 heterocycles. The van der Waals surface area contributed by atoms with Gasteiger partial charge < -0.3 is 24.1 Å². The summed E-state index contributed by atoms with van der Waals surface area (Å²) in [6.45, 7) is 4.62. The number of carboxylic acid groups (broad SMARTS) is 1. The van der Waals surface area contributed by atoms with Gasteiger partial charge in [-0.1, -0.05) is 60.7 Å². The molecule has 0 aliphatic carbocycles. The van der Waals surface area contributed by atoms with Crippen LogP contribution in [0.5, 0.6) is 11.5 Å². The van der Waals surface area contributed by atoms with Gasteiger partial charge in [0.25, 0.3) is 0 Å². The number of carboxylic acids is 1. The SMILES string of the molecule is Cc1nc2c(O)cc(C(=O)Oc3cc(C(=O)O)cc4c3nc(C)n4Cc3ccccc3)cc2n1Cc1ccccc1. The van der Waals surface area contributed by atoms with Gasteiger partial charge in [-0.2, -0.15) is 0 Å². The molecule has 4 aromatic carbocycles.